The molecule has 0 fully saturated rings. The van der Waals surface area contributed by atoms with E-state index in [4.69, 9.17) is 9.47 Å². The lowest BCUT2D eigenvalue weighted by molar-refractivity contribution is -0.156. The van der Waals surface area contributed by atoms with Crippen molar-refractivity contribution < 1.29 is 19.1 Å². The Labute approximate surface area is 260 Å². The Hall–Kier alpha value is -4.39. The summed E-state index contributed by atoms with van der Waals surface area (Å²) in [4.78, 5) is 31.6. The van der Waals surface area contributed by atoms with Crippen molar-refractivity contribution in [2.45, 2.75) is 23.5 Å². The van der Waals surface area contributed by atoms with E-state index < -0.39 is 16.7 Å². The molecule has 0 amide bonds. The molecule has 0 unspecified atom stereocenters. The van der Waals surface area contributed by atoms with Crippen LogP contribution < -0.4 is 0 Å². The molecule has 1 aliphatic heterocycles. The average molecular weight is 603 g/mol. The zero-order valence-electron chi connectivity index (χ0n) is 23.9. The summed E-state index contributed by atoms with van der Waals surface area (Å²) in [6, 6.07) is 40.1. The largest absolute Gasteiger partial charge is 0.464 e. The predicted molar refractivity (Wildman–Crippen MR) is 176 cm³/mol. The van der Waals surface area contributed by atoms with Gasteiger partial charge in [0, 0.05) is 26.5 Å². The number of thiophene rings is 1. The number of carbonyl (C=O) groups excluding carboxylic acids is 2. The number of thioether (sulfide) groups is 1. The highest BCUT2D eigenvalue weighted by atomic mass is 32.2. The zero-order valence-corrected chi connectivity index (χ0v) is 25.5. The number of esters is 2. The molecule has 5 aromatic rings. The van der Waals surface area contributed by atoms with Gasteiger partial charge in [-0.3, -0.25) is 0 Å². The van der Waals surface area contributed by atoms with Gasteiger partial charge in [-0.05, 0) is 36.1 Å². The Balaban J connectivity index is 1.81. The Morgan fingerprint density at radius 2 is 1.02 bits per heavy atom. The average Bonchev–Trinajstić information content (AvgIpc) is 3.44. The first kappa shape index (κ1) is 28.7. The highest BCUT2D eigenvalue weighted by Crippen LogP contribution is 2.62. The van der Waals surface area contributed by atoms with Gasteiger partial charge in [-0.2, -0.15) is 0 Å². The highest BCUT2D eigenvalue weighted by Gasteiger charge is 2.58. The maximum Gasteiger partial charge on any atom is 0.338 e. The second kappa shape index (κ2) is 12.5. The van der Waals surface area contributed by atoms with E-state index in [1.54, 1.807) is 25.2 Å². The van der Waals surface area contributed by atoms with Gasteiger partial charge in [0.15, 0.2) is 0 Å². The SMILES string of the molecule is CCOC(=O)C1(C(=O)OCC)Sc2c(sc(-c3ccccc3)c2-c2ccccc2)C(c2ccccc2)=C1c1ccccc1. The van der Waals surface area contributed by atoms with Gasteiger partial charge in [-0.1, -0.05) is 133 Å². The zero-order chi connectivity index (χ0) is 29.8. The predicted octanol–water partition coefficient (Wildman–Crippen LogP) is 9.01. The number of rotatable bonds is 8. The quantitative estimate of drug-likeness (QED) is 0.131. The third-order valence-electron chi connectivity index (χ3n) is 7.30. The molecule has 0 radical (unpaired) electrons. The van der Waals surface area contributed by atoms with Crippen LogP contribution in [0, 0.1) is 0 Å². The van der Waals surface area contributed by atoms with E-state index in [1.165, 1.54) is 11.8 Å². The van der Waals surface area contributed by atoms with Crippen molar-refractivity contribution in [2.24, 2.45) is 0 Å². The summed E-state index contributed by atoms with van der Waals surface area (Å²) in [6.45, 7) is 3.77. The Morgan fingerprint density at radius 1 is 0.581 bits per heavy atom. The number of carbonyl (C=O) groups is 2. The number of hydrogen-bond acceptors (Lipinski definition) is 6. The minimum atomic E-state index is -1.80. The van der Waals surface area contributed by atoms with Crippen LogP contribution in [0.5, 0.6) is 0 Å². The van der Waals surface area contributed by atoms with Gasteiger partial charge in [0.25, 0.3) is 0 Å². The Morgan fingerprint density at radius 3 is 1.51 bits per heavy atom. The molecular formula is C37H30O4S2. The molecule has 0 aliphatic carbocycles. The minimum Gasteiger partial charge on any atom is -0.464 e. The fourth-order valence-electron chi connectivity index (χ4n) is 5.50. The van der Waals surface area contributed by atoms with E-state index >= 15 is 0 Å². The van der Waals surface area contributed by atoms with Crippen LogP contribution in [0.4, 0.5) is 0 Å². The van der Waals surface area contributed by atoms with Crippen LogP contribution in [-0.4, -0.2) is 29.9 Å². The van der Waals surface area contributed by atoms with Crippen molar-refractivity contribution in [3.8, 4) is 21.6 Å². The molecule has 1 aromatic heterocycles. The normalized spacial score (nSPS) is 13.7. The number of hydrogen-bond donors (Lipinski definition) is 0. The third-order valence-corrected chi connectivity index (χ3v) is 10.1. The Bertz CT molecular complexity index is 1760. The van der Waals surface area contributed by atoms with Crippen molar-refractivity contribution in [1.29, 1.82) is 0 Å². The monoisotopic (exact) mass is 602 g/mol. The molecule has 6 heteroatoms. The van der Waals surface area contributed by atoms with E-state index in [0.29, 0.717) is 5.57 Å². The minimum absolute atomic E-state index is 0.126. The molecule has 0 N–H and O–H groups in total. The van der Waals surface area contributed by atoms with Gasteiger partial charge in [0.2, 0.25) is 4.75 Å². The molecule has 4 aromatic carbocycles. The van der Waals surface area contributed by atoms with Crippen molar-refractivity contribution in [3.05, 3.63) is 137 Å². The van der Waals surface area contributed by atoms with Crippen LogP contribution in [0.1, 0.15) is 29.9 Å². The molecule has 0 bridgehead atoms. The lowest BCUT2D eigenvalue weighted by Crippen LogP contribution is -2.48. The second-order valence-electron chi connectivity index (χ2n) is 9.90. The van der Waals surface area contributed by atoms with Gasteiger partial charge in [0.1, 0.15) is 0 Å². The summed E-state index contributed by atoms with van der Waals surface area (Å²) in [5.74, 6) is -1.27. The number of fused-ring (bicyclic) bond motifs is 1. The Kier molecular flexibility index (Phi) is 8.32. The number of ether oxygens (including phenoxy) is 2. The molecule has 0 atom stereocenters. The summed E-state index contributed by atoms with van der Waals surface area (Å²) in [7, 11) is 0. The molecule has 1 aliphatic rings. The van der Waals surface area contributed by atoms with Crippen LogP contribution in [-0.2, 0) is 19.1 Å². The summed E-state index contributed by atoms with van der Waals surface area (Å²) < 4.78 is 9.70. The fourth-order valence-corrected chi connectivity index (χ4v) is 8.54. The molecule has 0 spiro atoms. The van der Waals surface area contributed by atoms with Gasteiger partial charge in [-0.15, -0.1) is 11.3 Å². The molecule has 0 saturated carbocycles. The first-order valence-corrected chi connectivity index (χ1v) is 15.9. The third kappa shape index (κ3) is 5.11. The summed E-state index contributed by atoms with van der Waals surface area (Å²) in [5.41, 5.74) is 6.12. The lowest BCUT2D eigenvalue weighted by atomic mass is 9.83. The molecule has 4 nitrogen and oxygen atoms in total. The standard InChI is InChI=1S/C37H30O4S2/c1-3-40-35(38)37(36(39)41-4-2)31(27-21-13-7-14-22-27)29(25-17-9-5-10-18-25)33-34(43-37)30(26-19-11-6-12-20-26)32(42-33)28-23-15-8-16-24-28/h5-24H,3-4H2,1-2H3. The first-order chi connectivity index (χ1) is 21.1. The van der Waals surface area contributed by atoms with Crippen molar-refractivity contribution in [3.63, 3.8) is 0 Å². The van der Waals surface area contributed by atoms with E-state index in [2.05, 4.69) is 24.3 Å². The van der Waals surface area contributed by atoms with Crippen LogP contribution in [0.2, 0.25) is 0 Å². The fraction of sp³-hybridized carbons (Fsp3) is 0.135. The van der Waals surface area contributed by atoms with Crippen molar-refractivity contribution in [2.75, 3.05) is 13.2 Å². The molecule has 6 rings (SSSR count). The second-order valence-corrected chi connectivity index (χ2v) is 12.1. The van der Waals surface area contributed by atoms with Gasteiger partial charge in [-0.25, -0.2) is 9.59 Å². The maximum atomic E-state index is 14.4. The first-order valence-electron chi connectivity index (χ1n) is 14.3. The molecule has 0 saturated heterocycles. The van der Waals surface area contributed by atoms with Crippen LogP contribution in [0.25, 0.3) is 32.7 Å². The van der Waals surface area contributed by atoms with Crippen LogP contribution in [0.3, 0.4) is 0 Å². The summed E-state index contributed by atoms with van der Waals surface area (Å²) in [6.07, 6.45) is 0. The van der Waals surface area contributed by atoms with E-state index in [0.717, 1.165) is 48.0 Å². The van der Waals surface area contributed by atoms with Crippen LogP contribution in [0.15, 0.2) is 126 Å². The van der Waals surface area contributed by atoms with Gasteiger partial charge >= 0.3 is 11.9 Å². The summed E-state index contributed by atoms with van der Waals surface area (Å²) in [5, 5.41) is 0. The molecule has 2 heterocycles. The lowest BCUT2D eigenvalue weighted by Gasteiger charge is -2.37. The highest BCUT2D eigenvalue weighted by molar-refractivity contribution is 8.03. The van der Waals surface area contributed by atoms with Crippen LogP contribution >= 0.6 is 23.1 Å². The van der Waals surface area contributed by atoms with Gasteiger partial charge in [0.05, 0.1) is 18.1 Å². The molecule has 214 valence electrons. The maximum absolute atomic E-state index is 14.4. The summed E-state index contributed by atoms with van der Waals surface area (Å²) >= 11 is 2.92. The molecule has 43 heavy (non-hydrogen) atoms. The van der Waals surface area contributed by atoms with E-state index in [-0.39, 0.29) is 13.2 Å². The number of benzene rings is 4. The van der Waals surface area contributed by atoms with E-state index in [9.17, 15) is 9.59 Å². The van der Waals surface area contributed by atoms with Crippen molar-refractivity contribution >= 4 is 46.2 Å². The molecular weight excluding hydrogens is 573 g/mol. The van der Waals surface area contributed by atoms with Gasteiger partial charge < -0.3 is 9.47 Å². The topological polar surface area (TPSA) is 52.6 Å². The van der Waals surface area contributed by atoms with E-state index in [1.807, 2.05) is 97.1 Å². The smallest absolute Gasteiger partial charge is 0.338 e. The van der Waals surface area contributed by atoms with Crippen molar-refractivity contribution in [1.82, 2.24) is 0 Å².